The number of benzene rings is 6. The number of aromatic hydroxyl groups is 2. The highest BCUT2D eigenvalue weighted by molar-refractivity contribution is 6.13. The van der Waals surface area contributed by atoms with Crippen molar-refractivity contribution < 1.29 is 10.2 Å². The van der Waals surface area contributed by atoms with Gasteiger partial charge in [0.25, 0.3) is 0 Å². The van der Waals surface area contributed by atoms with E-state index in [1.165, 1.54) is 0 Å². The van der Waals surface area contributed by atoms with Crippen LogP contribution in [-0.4, -0.2) is 26.0 Å². The lowest BCUT2D eigenvalue weighted by Gasteiger charge is -2.12. The topological polar surface area (TPSA) is 70.6 Å². The van der Waals surface area contributed by atoms with Crippen LogP contribution in [-0.2, 0) is 0 Å². The van der Waals surface area contributed by atoms with E-state index >= 15 is 0 Å². The predicted molar refractivity (Wildman–Crippen MR) is 176 cm³/mol. The molecule has 0 bridgehead atoms. The largest absolute Gasteiger partial charge is 0.507 e. The van der Waals surface area contributed by atoms with Crippen LogP contribution in [0.15, 0.2) is 138 Å². The summed E-state index contributed by atoms with van der Waals surface area (Å²) in [5.74, 6) is 0.353. The molecule has 2 N–H and O–H groups in total. The Morgan fingerprint density at radius 1 is 0.628 bits per heavy atom. The van der Waals surface area contributed by atoms with Crippen molar-refractivity contribution in [3.05, 3.63) is 139 Å². The maximum atomic E-state index is 11.9. The Balaban J connectivity index is 1.35. The molecule has 0 saturated heterocycles. The Morgan fingerprint density at radius 3 is 2.21 bits per heavy atom. The molecule has 0 amide bonds. The van der Waals surface area contributed by atoms with Gasteiger partial charge in [-0.15, -0.1) is 0 Å². The average molecular weight is 556 g/mol. The molecule has 0 aliphatic carbocycles. The summed E-state index contributed by atoms with van der Waals surface area (Å²) in [6, 6.07) is 43.6. The second-order valence-electron chi connectivity index (χ2n) is 10.6. The van der Waals surface area contributed by atoms with Crippen LogP contribution >= 0.6 is 0 Å². The van der Waals surface area contributed by atoms with E-state index in [0.717, 1.165) is 43.7 Å². The van der Waals surface area contributed by atoms with Gasteiger partial charge >= 0.3 is 0 Å². The van der Waals surface area contributed by atoms with Crippen molar-refractivity contribution in [1.82, 2.24) is 9.55 Å². The lowest BCUT2D eigenvalue weighted by atomic mass is 10.0. The number of fused-ring (bicyclic) bond motifs is 5. The van der Waals surface area contributed by atoms with Crippen molar-refractivity contribution in [2.45, 2.75) is 0 Å². The summed E-state index contributed by atoms with van der Waals surface area (Å²) in [5.41, 5.74) is 5.34. The monoisotopic (exact) mass is 555 g/mol. The molecule has 2 heterocycles. The van der Waals surface area contributed by atoms with Gasteiger partial charge in [0.2, 0.25) is 0 Å². The summed E-state index contributed by atoms with van der Waals surface area (Å²) < 4.78 is 2.11. The minimum absolute atomic E-state index is 0.169. The zero-order chi connectivity index (χ0) is 28.9. The number of aliphatic imine (C=N–C) groups is 1. The van der Waals surface area contributed by atoms with E-state index in [2.05, 4.69) is 22.8 Å². The van der Waals surface area contributed by atoms with Gasteiger partial charge in [-0.25, -0.2) is 4.98 Å². The predicted octanol–water partition coefficient (Wildman–Crippen LogP) is 9.31. The third-order valence-electron chi connectivity index (χ3n) is 8.06. The third kappa shape index (κ3) is 4.02. The van der Waals surface area contributed by atoms with Crippen molar-refractivity contribution in [2.24, 2.45) is 4.99 Å². The number of nitrogens with zero attached hydrogens (tertiary/aromatic N) is 3. The van der Waals surface area contributed by atoms with E-state index < -0.39 is 0 Å². The van der Waals surface area contributed by atoms with Gasteiger partial charge in [0.1, 0.15) is 11.5 Å². The number of aromatic nitrogens is 2. The first kappa shape index (κ1) is 24.8. The molecule has 204 valence electrons. The maximum absolute atomic E-state index is 11.9. The standard InChI is InChI=1S/C38H25N3O2/c42-35-19-9-12-24-11-8-17-31(36(24)35)39-23-33-27-15-5-4-10-25(27)22-32(40-33)30-21-20-29-28-16-6-7-18-34(28)41(37(29)38(30)43)26-13-2-1-3-14-26/h1-23,42-43H. The molecular formula is C38H25N3O2. The summed E-state index contributed by atoms with van der Waals surface area (Å²) in [4.78, 5) is 9.82. The Bertz CT molecular complexity index is 2370. The lowest BCUT2D eigenvalue weighted by Crippen LogP contribution is -1.96. The minimum atomic E-state index is 0.169. The normalized spacial score (nSPS) is 11.8. The Morgan fingerprint density at radius 2 is 1.35 bits per heavy atom. The molecule has 0 aliphatic heterocycles. The van der Waals surface area contributed by atoms with Gasteiger partial charge in [-0.05, 0) is 53.2 Å². The first-order chi connectivity index (χ1) is 21.2. The molecule has 0 radical (unpaired) electrons. The van der Waals surface area contributed by atoms with Crippen LogP contribution < -0.4 is 0 Å². The fourth-order valence-electron chi connectivity index (χ4n) is 6.09. The summed E-state index contributed by atoms with van der Waals surface area (Å²) in [6.07, 6.45) is 1.74. The maximum Gasteiger partial charge on any atom is 0.149 e. The van der Waals surface area contributed by atoms with E-state index in [1.54, 1.807) is 12.3 Å². The van der Waals surface area contributed by atoms with E-state index in [-0.39, 0.29) is 11.5 Å². The SMILES string of the molecule is Oc1cccc2cccc(N=Cc3nc(-c4ccc5c6ccccc6n(-c6ccccc6)c5c4O)cc4ccccc34)c12. The highest BCUT2D eigenvalue weighted by Gasteiger charge is 2.19. The van der Waals surface area contributed by atoms with Gasteiger partial charge in [0.15, 0.2) is 0 Å². The molecule has 0 atom stereocenters. The van der Waals surface area contributed by atoms with Crippen LogP contribution in [0.25, 0.3) is 60.3 Å². The molecule has 2 aromatic heterocycles. The molecule has 5 nitrogen and oxygen atoms in total. The summed E-state index contributed by atoms with van der Waals surface area (Å²) >= 11 is 0. The van der Waals surface area contributed by atoms with E-state index in [1.807, 2.05) is 109 Å². The first-order valence-electron chi connectivity index (χ1n) is 14.1. The van der Waals surface area contributed by atoms with Gasteiger partial charge in [-0.1, -0.05) is 91.0 Å². The van der Waals surface area contributed by atoms with E-state index in [4.69, 9.17) is 9.98 Å². The van der Waals surface area contributed by atoms with Crippen LogP contribution in [0.2, 0.25) is 0 Å². The van der Waals surface area contributed by atoms with Gasteiger partial charge in [0, 0.05) is 32.8 Å². The molecule has 6 aromatic carbocycles. The number of pyridine rings is 1. The molecule has 5 heteroatoms. The van der Waals surface area contributed by atoms with Gasteiger partial charge in [-0.2, -0.15) is 0 Å². The fourth-order valence-corrected chi connectivity index (χ4v) is 6.09. The molecule has 0 aliphatic rings. The number of hydrogen-bond acceptors (Lipinski definition) is 4. The molecule has 43 heavy (non-hydrogen) atoms. The Kier molecular flexibility index (Phi) is 5.69. The van der Waals surface area contributed by atoms with Crippen LogP contribution in [0.4, 0.5) is 5.69 Å². The Hall–Kier alpha value is -5.94. The Labute approximate surface area is 247 Å². The van der Waals surface area contributed by atoms with Gasteiger partial charge < -0.3 is 14.8 Å². The summed E-state index contributed by atoms with van der Waals surface area (Å²) in [6.45, 7) is 0. The van der Waals surface area contributed by atoms with Gasteiger partial charge in [0.05, 0.1) is 34.3 Å². The second-order valence-corrected chi connectivity index (χ2v) is 10.6. The fraction of sp³-hybridized carbons (Fsp3) is 0. The van der Waals surface area contributed by atoms with Crippen LogP contribution in [0.3, 0.4) is 0 Å². The molecule has 0 saturated carbocycles. The quantitative estimate of drug-likeness (QED) is 0.213. The zero-order valence-corrected chi connectivity index (χ0v) is 23.0. The summed E-state index contributed by atoms with van der Waals surface area (Å²) in [5, 5.41) is 28.1. The minimum Gasteiger partial charge on any atom is -0.507 e. The van der Waals surface area contributed by atoms with Crippen LogP contribution in [0, 0.1) is 0 Å². The molecule has 0 unspecified atom stereocenters. The van der Waals surface area contributed by atoms with Crippen molar-refractivity contribution in [2.75, 3.05) is 0 Å². The summed E-state index contributed by atoms with van der Waals surface area (Å²) in [7, 11) is 0. The average Bonchev–Trinajstić information content (AvgIpc) is 3.39. The lowest BCUT2D eigenvalue weighted by molar-refractivity contribution is 0.481. The second kappa shape index (κ2) is 9.86. The first-order valence-corrected chi connectivity index (χ1v) is 14.1. The van der Waals surface area contributed by atoms with Crippen molar-refractivity contribution in [3.8, 4) is 28.4 Å². The highest BCUT2D eigenvalue weighted by atomic mass is 16.3. The van der Waals surface area contributed by atoms with Crippen molar-refractivity contribution in [3.63, 3.8) is 0 Å². The van der Waals surface area contributed by atoms with Crippen molar-refractivity contribution in [1.29, 1.82) is 0 Å². The third-order valence-corrected chi connectivity index (χ3v) is 8.06. The van der Waals surface area contributed by atoms with E-state index in [0.29, 0.717) is 28.0 Å². The van der Waals surface area contributed by atoms with Crippen LogP contribution in [0.1, 0.15) is 5.69 Å². The van der Waals surface area contributed by atoms with Crippen molar-refractivity contribution >= 4 is 55.3 Å². The molecule has 8 rings (SSSR count). The molecule has 0 spiro atoms. The number of phenols is 2. The smallest absolute Gasteiger partial charge is 0.149 e. The highest BCUT2D eigenvalue weighted by Crippen LogP contribution is 2.42. The molecular weight excluding hydrogens is 530 g/mol. The van der Waals surface area contributed by atoms with E-state index in [9.17, 15) is 10.2 Å². The number of hydrogen-bond donors (Lipinski definition) is 2. The molecule has 8 aromatic rings. The number of rotatable bonds is 4. The van der Waals surface area contributed by atoms with Crippen LogP contribution in [0.5, 0.6) is 11.5 Å². The van der Waals surface area contributed by atoms with Gasteiger partial charge in [-0.3, -0.25) is 4.99 Å². The zero-order valence-electron chi connectivity index (χ0n) is 23.0. The number of para-hydroxylation sites is 2. The number of phenolic OH excluding ortho intramolecular Hbond substituents is 2. The molecule has 0 fully saturated rings.